The topological polar surface area (TPSA) is 131 Å². The fourth-order valence-corrected chi connectivity index (χ4v) is 4.95. The summed E-state index contributed by atoms with van der Waals surface area (Å²) >= 11 is 1.53. The number of nitrogens with zero attached hydrogens (tertiary/aromatic N) is 3. The summed E-state index contributed by atoms with van der Waals surface area (Å²) < 4.78 is 0. The third-order valence-electron chi connectivity index (χ3n) is 5.23. The van der Waals surface area contributed by atoms with Crippen LogP contribution in [-0.2, 0) is 14.4 Å². The van der Waals surface area contributed by atoms with Crippen molar-refractivity contribution in [2.24, 2.45) is 5.73 Å². The smallest absolute Gasteiger partial charge is 0.352 e. The number of thioether (sulfide) groups is 1. The molecule has 3 saturated heterocycles. The molecule has 9 nitrogen and oxygen atoms in total. The van der Waals surface area contributed by atoms with Gasteiger partial charge < -0.3 is 20.6 Å². The molecule has 3 fully saturated rings. The van der Waals surface area contributed by atoms with Crippen LogP contribution in [0, 0.1) is 5.41 Å². The number of nitrogens with two attached hydrogens (primary N) is 1. The lowest BCUT2D eigenvalue weighted by Crippen LogP contribution is -2.62. The van der Waals surface area contributed by atoms with Gasteiger partial charge in [0.1, 0.15) is 5.70 Å². The van der Waals surface area contributed by atoms with Gasteiger partial charge >= 0.3 is 5.97 Å². The maximum absolute atomic E-state index is 12.7. The first-order valence-electron chi connectivity index (χ1n) is 8.37. The summed E-state index contributed by atoms with van der Waals surface area (Å²) in [5, 5.41) is 16.8. The molecule has 4 aliphatic heterocycles. The Morgan fingerprint density at radius 2 is 2.08 bits per heavy atom. The van der Waals surface area contributed by atoms with Crippen molar-refractivity contribution in [1.29, 1.82) is 5.41 Å². The van der Waals surface area contributed by atoms with Crippen LogP contribution in [0.2, 0.25) is 0 Å². The van der Waals surface area contributed by atoms with Gasteiger partial charge in [0.25, 0.3) is 0 Å². The minimum atomic E-state index is -1.13. The van der Waals surface area contributed by atoms with Crippen LogP contribution in [0.15, 0.2) is 22.9 Å². The molecule has 10 heteroatoms. The van der Waals surface area contributed by atoms with E-state index in [1.165, 1.54) is 16.7 Å². The first-order chi connectivity index (χ1) is 12.4. The monoisotopic (exact) mass is 377 g/mol. The van der Waals surface area contributed by atoms with Gasteiger partial charge in [0.15, 0.2) is 5.96 Å². The van der Waals surface area contributed by atoms with E-state index in [-0.39, 0.29) is 34.9 Å². The van der Waals surface area contributed by atoms with Crippen LogP contribution in [0.4, 0.5) is 0 Å². The van der Waals surface area contributed by atoms with Crippen molar-refractivity contribution in [2.75, 3.05) is 25.4 Å². The number of carboxylic acid groups (broad SMARTS) is 1. The lowest BCUT2D eigenvalue weighted by atomic mass is 10.0. The number of allylic oxidation sites excluding steroid dienone is 1. The van der Waals surface area contributed by atoms with E-state index in [1.807, 2.05) is 0 Å². The second-order valence-electron chi connectivity index (χ2n) is 6.77. The Kier molecular flexibility index (Phi) is 3.94. The average molecular weight is 377 g/mol. The minimum Gasteiger partial charge on any atom is -0.477 e. The van der Waals surface area contributed by atoms with Crippen LogP contribution >= 0.6 is 11.8 Å². The van der Waals surface area contributed by atoms with Crippen LogP contribution in [0.1, 0.15) is 12.8 Å². The fraction of sp³-hybridized carbons (Fsp3) is 0.500. The molecule has 0 saturated carbocycles. The van der Waals surface area contributed by atoms with Crippen LogP contribution < -0.4 is 5.73 Å². The number of guanidine groups is 1. The summed E-state index contributed by atoms with van der Waals surface area (Å²) in [7, 11) is 0. The Balaban J connectivity index is 1.54. The molecule has 26 heavy (non-hydrogen) atoms. The molecule has 1 atom stereocenters. The Morgan fingerprint density at radius 1 is 1.35 bits per heavy atom. The van der Waals surface area contributed by atoms with Gasteiger partial charge in [0.2, 0.25) is 11.8 Å². The first kappa shape index (κ1) is 17.0. The van der Waals surface area contributed by atoms with E-state index < -0.39 is 5.97 Å². The summed E-state index contributed by atoms with van der Waals surface area (Å²) in [6.45, 7) is 1.68. The van der Waals surface area contributed by atoms with E-state index in [2.05, 4.69) is 0 Å². The largest absolute Gasteiger partial charge is 0.477 e. The number of hydrogen-bond donors (Lipinski definition) is 3. The lowest BCUT2D eigenvalue weighted by Gasteiger charge is -2.44. The first-order valence-corrected chi connectivity index (χ1v) is 9.42. The highest BCUT2D eigenvalue weighted by Crippen LogP contribution is 2.41. The van der Waals surface area contributed by atoms with E-state index in [0.717, 1.165) is 0 Å². The average Bonchev–Trinajstić information content (AvgIpc) is 2.86. The maximum Gasteiger partial charge on any atom is 0.352 e. The van der Waals surface area contributed by atoms with Crippen molar-refractivity contribution in [3.8, 4) is 0 Å². The van der Waals surface area contributed by atoms with E-state index in [0.29, 0.717) is 49.4 Å². The number of amides is 2. The predicted molar refractivity (Wildman–Crippen MR) is 94.1 cm³/mol. The molecule has 4 N–H and O–H groups in total. The van der Waals surface area contributed by atoms with Crippen LogP contribution in [0.25, 0.3) is 0 Å². The maximum atomic E-state index is 12.7. The summed E-state index contributed by atoms with van der Waals surface area (Å²) in [5.74, 6) is -0.929. The summed E-state index contributed by atoms with van der Waals surface area (Å²) in [5.41, 5.74) is 6.54. The third kappa shape index (κ3) is 2.56. The fourth-order valence-electron chi connectivity index (χ4n) is 3.72. The zero-order valence-electron chi connectivity index (χ0n) is 14.0. The van der Waals surface area contributed by atoms with Gasteiger partial charge in [-0.1, -0.05) is 0 Å². The van der Waals surface area contributed by atoms with Crippen molar-refractivity contribution in [3.63, 3.8) is 0 Å². The molecule has 1 unspecified atom stereocenters. The number of β-lactam (4-membered cyclic amide) rings is 1. The van der Waals surface area contributed by atoms with Gasteiger partial charge in [0, 0.05) is 31.0 Å². The number of hydrogen-bond acceptors (Lipinski definition) is 5. The molecule has 0 aromatic carbocycles. The van der Waals surface area contributed by atoms with Gasteiger partial charge in [0.05, 0.1) is 17.8 Å². The third-order valence-corrected chi connectivity index (χ3v) is 6.47. The van der Waals surface area contributed by atoms with Crippen LogP contribution in [0.5, 0.6) is 0 Å². The Hall–Kier alpha value is -2.49. The normalized spacial score (nSPS) is 27.6. The van der Waals surface area contributed by atoms with Gasteiger partial charge in [-0.2, -0.15) is 0 Å². The minimum absolute atomic E-state index is 0.00733. The van der Waals surface area contributed by atoms with Gasteiger partial charge in [-0.3, -0.25) is 19.9 Å². The van der Waals surface area contributed by atoms with Crippen LogP contribution in [0.3, 0.4) is 0 Å². The summed E-state index contributed by atoms with van der Waals surface area (Å²) in [4.78, 5) is 40.9. The predicted octanol–water partition coefficient (Wildman–Crippen LogP) is -0.633. The molecule has 0 radical (unpaired) electrons. The molecule has 0 aromatic heterocycles. The number of carbonyl (C=O) groups is 3. The van der Waals surface area contributed by atoms with E-state index >= 15 is 0 Å². The van der Waals surface area contributed by atoms with Crippen molar-refractivity contribution < 1.29 is 19.5 Å². The molecule has 4 heterocycles. The summed E-state index contributed by atoms with van der Waals surface area (Å²) in [6, 6.07) is 0.0345. The number of carbonyl (C=O) groups excluding carboxylic acids is 2. The molecular weight excluding hydrogens is 358 g/mol. The molecule has 4 aliphatic rings. The number of likely N-dealkylation sites (tertiary alicyclic amines) is 2. The SMILES string of the molecule is N=C(N)N1CC(N2CC/C(=C\C3=C(C(=O)O)N4C(=O)CC4SC3)C2=O)C1. The van der Waals surface area contributed by atoms with E-state index in [9.17, 15) is 19.5 Å². The standard InChI is InChI=1S/C16H19N5O4S/c17-16(18)19-5-10(6-19)20-2-1-8(14(20)23)3-9-7-26-12-4-11(22)21(12)13(9)15(24)25/h3,10,12H,1-2,4-7H2,(H3,17,18)(H,24,25)/b8-3+. The molecule has 0 aromatic rings. The highest BCUT2D eigenvalue weighted by molar-refractivity contribution is 8.00. The van der Waals surface area contributed by atoms with Crippen molar-refractivity contribution >= 4 is 35.5 Å². The highest BCUT2D eigenvalue weighted by atomic mass is 32.2. The van der Waals surface area contributed by atoms with E-state index in [4.69, 9.17) is 11.1 Å². The molecule has 138 valence electrons. The molecule has 0 aliphatic carbocycles. The number of carboxylic acids is 1. The zero-order valence-corrected chi connectivity index (χ0v) is 14.8. The highest BCUT2D eigenvalue weighted by Gasteiger charge is 2.45. The van der Waals surface area contributed by atoms with Crippen molar-refractivity contribution in [2.45, 2.75) is 24.3 Å². The molecular formula is C16H19N5O4S. The Bertz CT molecular complexity index is 786. The zero-order chi connectivity index (χ0) is 18.6. The molecule has 4 rings (SSSR count). The van der Waals surface area contributed by atoms with Crippen LogP contribution in [-0.4, -0.2) is 80.4 Å². The number of fused-ring (bicyclic) bond motifs is 1. The molecule has 0 spiro atoms. The van der Waals surface area contributed by atoms with Crippen molar-refractivity contribution in [1.82, 2.24) is 14.7 Å². The van der Waals surface area contributed by atoms with Gasteiger partial charge in [-0.15, -0.1) is 11.8 Å². The lowest BCUT2D eigenvalue weighted by molar-refractivity contribution is -0.146. The van der Waals surface area contributed by atoms with E-state index in [1.54, 1.807) is 15.9 Å². The second kappa shape index (κ2) is 6.04. The van der Waals surface area contributed by atoms with Gasteiger partial charge in [-0.25, -0.2) is 4.79 Å². The quantitative estimate of drug-likeness (QED) is 0.258. The Morgan fingerprint density at radius 3 is 2.69 bits per heavy atom. The number of aliphatic carboxylic acids is 1. The Labute approximate surface area is 154 Å². The van der Waals surface area contributed by atoms with Crippen molar-refractivity contribution in [3.05, 3.63) is 22.9 Å². The molecule has 0 bridgehead atoms. The number of nitrogens with one attached hydrogen (secondary N) is 1. The summed E-state index contributed by atoms with van der Waals surface area (Å²) in [6.07, 6.45) is 2.57. The number of rotatable bonds is 3. The molecule has 2 amide bonds. The second-order valence-corrected chi connectivity index (χ2v) is 7.94. The van der Waals surface area contributed by atoms with Gasteiger partial charge in [-0.05, 0) is 18.1 Å².